The Morgan fingerprint density at radius 1 is 1.26 bits per heavy atom. The van der Waals surface area contributed by atoms with Gasteiger partial charge in [0.15, 0.2) is 5.75 Å². The van der Waals surface area contributed by atoms with Gasteiger partial charge in [0.25, 0.3) is 11.8 Å². The lowest BCUT2D eigenvalue weighted by Gasteiger charge is -2.28. The van der Waals surface area contributed by atoms with Gasteiger partial charge in [0.1, 0.15) is 12.6 Å². The first-order valence-electron chi connectivity index (χ1n) is 9.95. The summed E-state index contributed by atoms with van der Waals surface area (Å²) in [4.78, 5) is 49.6. The number of hydrogen-bond donors (Lipinski definition) is 4. The van der Waals surface area contributed by atoms with Crippen molar-refractivity contribution in [3.05, 3.63) is 39.5 Å². The van der Waals surface area contributed by atoms with Crippen LogP contribution in [0.4, 0.5) is 25.0 Å². The van der Waals surface area contributed by atoms with E-state index in [1.54, 1.807) is 0 Å². The second-order valence-electron chi connectivity index (χ2n) is 6.96. The molecule has 0 radical (unpaired) electrons. The molecule has 15 heteroatoms. The highest BCUT2D eigenvalue weighted by molar-refractivity contribution is 7.18. The molecular weight excluding hydrogens is 514 g/mol. The Balaban J connectivity index is 1.74. The molecule has 1 aromatic carbocycles. The predicted octanol–water partition coefficient (Wildman–Crippen LogP) is 2.37. The maximum absolute atomic E-state index is 13.0. The van der Waals surface area contributed by atoms with Crippen LogP contribution in [0.25, 0.3) is 0 Å². The van der Waals surface area contributed by atoms with Crippen molar-refractivity contribution in [3.8, 4) is 5.75 Å². The molecule has 4 amide bonds. The van der Waals surface area contributed by atoms with E-state index < -0.39 is 43.0 Å². The Morgan fingerprint density at radius 2 is 2.03 bits per heavy atom. The van der Waals surface area contributed by atoms with Crippen LogP contribution in [-0.2, 0) is 14.3 Å². The molecule has 1 aliphatic heterocycles. The number of ether oxygens (including phenoxy) is 2. The second kappa shape index (κ2) is 11.8. The minimum Gasteiger partial charge on any atom is -0.465 e. The molecule has 11 nitrogen and oxygen atoms in total. The van der Waals surface area contributed by atoms with Gasteiger partial charge in [-0.1, -0.05) is 11.6 Å². The highest BCUT2D eigenvalue weighted by Crippen LogP contribution is 2.33. The lowest BCUT2D eigenvalue weighted by molar-refractivity contribution is -0.125. The van der Waals surface area contributed by atoms with Crippen LogP contribution < -0.4 is 25.6 Å². The third-order valence-corrected chi connectivity index (χ3v) is 5.83. The Bertz CT molecular complexity index is 1120. The standard InChI is InChI=1S/C20H19ClF2N4O7S/c21-15-4-3-14(35-15)18(30)24-8-11(26-20(31)32)17(29)25-10-1-2-12(13(7-10)34-19(22)23)27-5-6-33-9-16(27)28/h1-4,7,11,19,26H,5-6,8-9H2,(H,24,30)(H,25,29)(H,31,32)/t11-/m0/s1. The molecule has 1 aliphatic rings. The van der Waals surface area contributed by atoms with E-state index in [-0.39, 0.29) is 41.8 Å². The van der Waals surface area contributed by atoms with E-state index in [9.17, 15) is 28.0 Å². The largest absolute Gasteiger partial charge is 0.465 e. The van der Waals surface area contributed by atoms with Crippen LogP contribution >= 0.6 is 22.9 Å². The van der Waals surface area contributed by atoms with Gasteiger partial charge < -0.3 is 35.4 Å². The van der Waals surface area contributed by atoms with E-state index in [4.69, 9.17) is 21.4 Å². The van der Waals surface area contributed by atoms with Gasteiger partial charge in [-0.2, -0.15) is 8.78 Å². The minimum absolute atomic E-state index is 0.0105. The fraction of sp³-hybridized carbons (Fsp3) is 0.300. The number of thiophene rings is 1. The molecule has 35 heavy (non-hydrogen) atoms. The summed E-state index contributed by atoms with van der Waals surface area (Å²) < 4.78 is 35.9. The average Bonchev–Trinajstić information content (AvgIpc) is 3.23. The summed E-state index contributed by atoms with van der Waals surface area (Å²) in [6, 6.07) is 5.26. The molecule has 1 fully saturated rings. The number of benzene rings is 1. The molecule has 0 bridgehead atoms. The number of rotatable bonds is 9. The Kier molecular flexibility index (Phi) is 8.78. The lowest BCUT2D eigenvalue weighted by atomic mass is 10.2. The summed E-state index contributed by atoms with van der Waals surface area (Å²) in [7, 11) is 0. The first kappa shape index (κ1) is 26.1. The van der Waals surface area contributed by atoms with Crippen LogP contribution in [0.5, 0.6) is 5.75 Å². The van der Waals surface area contributed by atoms with E-state index in [0.29, 0.717) is 4.34 Å². The minimum atomic E-state index is -3.21. The smallest absolute Gasteiger partial charge is 0.405 e. The number of hydrogen-bond acceptors (Lipinski definition) is 7. The molecule has 1 aromatic heterocycles. The van der Waals surface area contributed by atoms with Crippen LogP contribution in [0, 0.1) is 0 Å². The summed E-state index contributed by atoms with van der Waals surface area (Å²) in [5.74, 6) is -2.28. The van der Waals surface area contributed by atoms with Crippen molar-refractivity contribution in [3.63, 3.8) is 0 Å². The van der Waals surface area contributed by atoms with Gasteiger partial charge in [-0.05, 0) is 24.3 Å². The number of amides is 4. The van der Waals surface area contributed by atoms with E-state index in [1.165, 1.54) is 29.2 Å². The van der Waals surface area contributed by atoms with Crippen LogP contribution in [0.3, 0.4) is 0 Å². The maximum Gasteiger partial charge on any atom is 0.405 e. The molecular formula is C20H19ClF2N4O7S. The van der Waals surface area contributed by atoms with Gasteiger partial charge in [0, 0.05) is 24.8 Å². The molecule has 2 heterocycles. The number of halogens is 3. The van der Waals surface area contributed by atoms with E-state index >= 15 is 0 Å². The number of carbonyl (C=O) groups is 4. The monoisotopic (exact) mass is 532 g/mol. The van der Waals surface area contributed by atoms with Crippen molar-refractivity contribution in [1.82, 2.24) is 10.6 Å². The number of anilines is 2. The van der Waals surface area contributed by atoms with Gasteiger partial charge in [0.2, 0.25) is 5.91 Å². The van der Waals surface area contributed by atoms with Crippen molar-refractivity contribution in [1.29, 1.82) is 0 Å². The quantitative estimate of drug-likeness (QED) is 0.388. The fourth-order valence-corrected chi connectivity index (χ4v) is 4.04. The number of nitrogens with one attached hydrogen (secondary N) is 3. The van der Waals surface area contributed by atoms with Gasteiger partial charge >= 0.3 is 12.7 Å². The highest BCUT2D eigenvalue weighted by atomic mass is 35.5. The zero-order chi connectivity index (χ0) is 25.5. The molecule has 0 saturated carbocycles. The molecule has 0 spiro atoms. The Morgan fingerprint density at radius 3 is 2.66 bits per heavy atom. The number of carboxylic acid groups (broad SMARTS) is 1. The van der Waals surface area contributed by atoms with E-state index in [2.05, 4.69) is 15.4 Å². The lowest BCUT2D eigenvalue weighted by Crippen LogP contribution is -2.50. The molecule has 188 valence electrons. The zero-order valence-electron chi connectivity index (χ0n) is 17.8. The number of carbonyl (C=O) groups excluding carboxylic acids is 3. The van der Waals surface area contributed by atoms with Crippen LogP contribution in [0.2, 0.25) is 4.34 Å². The topological polar surface area (TPSA) is 146 Å². The molecule has 2 aromatic rings. The average molecular weight is 533 g/mol. The van der Waals surface area contributed by atoms with E-state index in [0.717, 1.165) is 17.4 Å². The molecule has 0 aliphatic carbocycles. The van der Waals surface area contributed by atoms with E-state index in [1.807, 2.05) is 5.32 Å². The summed E-state index contributed by atoms with van der Waals surface area (Å²) in [6.07, 6.45) is -1.53. The van der Waals surface area contributed by atoms with Crippen molar-refractivity contribution >= 4 is 58.1 Å². The normalized spacial score (nSPS) is 14.4. The SMILES string of the molecule is O=C(O)N[C@@H](CNC(=O)c1ccc(Cl)s1)C(=O)Nc1ccc(N2CCOCC2=O)c(OC(F)F)c1. The Labute approximate surface area is 205 Å². The summed E-state index contributed by atoms with van der Waals surface area (Å²) in [5, 5.41) is 15.8. The van der Waals surface area contributed by atoms with Crippen molar-refractivity contribution in [2.75, 3.05) is 36.5 Å². The van der Waals surface area contributed by atoms with Gasteiger partial charge in [0.05, 0.1) is 21.5 Å². The van der Waals surface area contributed by atoms with Crippen molar-refractivity contribution in [2.45, 2.75) is 12.7 Å². The summed E-state index contributed by atoms with van der Waals surface area (Å²) in [5.41, 5.74) is 0.0438. The van der Waals surface area contributed by atoms with Crippen LogP contribution in [0.1, 0.15) is 9.67 Å². The third-order valence-electron chi connectivity index (χ3n) is 4.60. The second-order valence-corrected chi connectivity index (χ2v) is 8.68. The summed E-state index contributed by atoms with van der Waals surface area (Å²) in [6.45, 7) is -3.53. The molecule has 1 atom stereocenters. The molecule has 3 rings (SSSR count). The van der Waals surface area contributed by atoms with Gasteiger partial charge in [-0.15, -0.1) is 11.3 Å². The van der Waals surface area contributed by atoms with Gasteiger partial charge in [-0.25, -0.2) is 4.79 Å². The molecule has 1 saturated heterocycles. The predicted molar refractivity (Wildman–Crippen MR) is 121 cm³/mol. The summed E-state index contributed by atoms with van der Waals surface area (Å²) >= 11 is 6.79. The van der Waals surface area contributed by atoms with Crippen LogP contribution in [0.15, 0.2) is 30.3 Å². The number of alkyl halides is 2. The highest BCUT2D eigenvalue weighted by Gasteiger charge is 2.26. The third kappa shape index (κ3) is 7.24. The van der Waals surface area contributed by atoms with Gasteiger partial charge in [-0.3, -0.25) is 14.4 Å². The van der Waals surface area contributed by atoms with Crippen molar-refractivity contribution in [2.24, 2.45) is 0 Å². The number of morpholine rings is 1. The fourth-order valence-electron chi connectivity index (χ4n) is 3.08. The zero-order valence-corrected chi connectivity index (χ0v) is 19.3. The first-order valence-corrected chi connectivity index (χ1v) is 11.1. The maximum atomic E-state index is 13.0. The van der Waals surface area contributed by atoms with Crippen molar-refractivity contribution < 1.29 is 42.5 Å². The number of nitrogens with zero attached hydrogens (tertiary/aromatic N) is 1. The molecule has 4 N–H and O–H groups in total. The van der Waals surface area contributed by atoms with Crippen LogP contribution in [-0.4, -0.2) is 67.9 Å². The Hall–Kier alpha value is -3.49. The first-order chi connectivity index (χ1) is 16.6. The molecule has 0 unspecified atom stereocenters.